The molecule has 2 rings (SSSR count). The summed E-state index contributed by atoms with van der Waals surface area (Å²) in [6.07, 6.45) is 0. The topological polar surface area (TPSA) is 123 Å². The first kappa shape index (κ1) is 14.9. The summed E-state index contributed by atoms with van der Waals surface area (Å²) in [5.41, 5.74) is 6.62. The smallest absolute Gasteiger partial charge is 0.237 e. The van der Waals surface area contributed by atoms with Gasteiger partial charge in [-0.05, 0) is 13.8 Å². The average Bonchev–Trinajstić information content (AvgIpc) is 2.90. The van der Waals surface area contributed by atoms with Crippen LogP contribution in [0.25, 0.3) is 0 Å². The second-order valence-corrected chi connectivity index (χ2v) is 5.28. The highest BCUT2D eigenvalue weighted by Gasteiger charge is 2.17. The number of amides is 1. The monoisotopic (exact) mass is 306 g/mol. The van der Waals surface area contributed by atoms with Gasteiger partial charge in [0, 0.05) is 12.6 Å². The van der Waals surface area contributed by atoms with Crippen molar-refractivity contribution in [3.63, 3.8) is 0 Å². The number of nitrogens with zero attached hydrogens (tertiary/aromatic N) is 4. The fourth-order valence-corrected chi connectivity index (χ4v) is 2.31. The Balaban J connectivity index is 2.01. The van der Waals surface area contributed by atoms with Gasteiger partial charge < -0.3 is 10.2 Å². The van der Waals surface area contributed by atoms with Gasteiger partial charge in [-0.3, -0.25) is 14.7 Å². The molecular formula is C12H14N6O2S. The summed E-state index contributed by atoms with van der Waals surface area (Å²) in [7, 11) is 1.71. The summed E-state index contributed by atoms with van der Waals surface area (Å²) in [4.78, 5) is 11.9. The Morgan fingerprint density at radius 1 is 1.52 bits per heavy atom. The van der Waals surface area contributed by atoms with Crippen LogP contribution in [0.4, 0.5) is 11.8 Å². The van der Waals surface area contributed by atoms with Crippen LogP contribution in [-0.2, 0) is 11.8 Å². The van der Waals surface area contributed by atoms with Crippen LogP contribution >= 0.6 is 11.8 Å². The van der Waals surface area contributed by atoms with Gasteiger partial charge in [-0.1, -0.05) is 11.8 Å². The van der Waals surface area contributed by atoms with Crippen molar-refractivity contribution >= 4 is 29.5 Å². The molecule has 0 atom stereocenters. The van der Waals surface area contributed by atoms with E-state index in [1.54, 1.807) is 25.5 Å². The van der Waals surface area contributed by atoms with E-state index < -0.39 is 0 Å². The molecule has 9 heteroatoms. The maximum atomic E-state index is 11.9. The summed E-state index contributed by atoms with van der Waals surface area (Å²) in [5, 5.41) is 19.7. The lowest BCUT2D eigenvalue weighted by molar-refractivity contribution is -0.113. The lowest BCUT2D eigenvalue weighted by Crippen LogP contribution is -2.14. The summed E-state index contributed by atoms with van der Waals surface area (Å²) in [6, 6.07) is 2.02. The molecule has 2 heterocycles. The fourth-order valence-electron chi connectivity index (χ4n) is 1.59. The van der Waals surface area contributed by atoms with Crippen molar-refractivity contribution in [1.82, 2.24) is 14.8 Å². The third kappa shape index (κ3) is 3.00. The van der Waals surface area contributed by atoms with Gasteiger partial charge in [0.1, 0.15) is 17.4 Å². The van der Waals surface area contributed by atoms with Gasteiger partial charge in [0.15, 0.2) is 5.16 Å². The minimum atomic E-state index is -0.299. The van der Waals surface area contributed by atoms with Crippen LogP contribution in [-0.4, -0.2) is 26.4 Å². The molecular weight excluding hydrogens is 292 g/mol. The molecule has 0 saturated heterocycles. The first-order chi connectivity index (χ1) is 9.93. The molecule has 0 aliphatic heterocycles. The van der Waals surface area contributed by atoms with Crippen LogP contribution in [0.2, 0.25) is 0 Å². The number of aryl methyl sites for hydroxylation is 1. The van der Waals surface area contributed by atoms with E-state index in [9.17, 15) is 4.79 Å². The predicted octanol–water partition coefficient (Wildman–Crippen LogP) is 1.21. The highest BCUT2D eigenvalue weighted by Crippen LogP contribution is 2.25. The van der Waals surface area contributed by atoms with E-state index in [0.29, 0.717) is 16.5 Å². The number of carbonyl (C=O) groups excluding carboxylic acids is 1. The number of thioether (sulfide) groups is 1. The second kappa shape index (κ2) is 5.88. The number of rotatable bonds is 4. The molecule has 0 fully saturated rings. The molecule has 110 valence electrons. The molecule has 0 spiro atoms. The van der Waals surface area contributed by atoms with Gasteiger partial charge >= 0.3 is 0 Å². The molecule has 0 bridgehead atoms. The van der Waals surface area contributed by atoms with Crippen molar-refractivity contribution in [2.45, 2.75) is 19.0 Å². The molecule has 0 aromatic carbocycles. The minimum absolute atomic E-state index is 0.107. The van der Waals surface area contributed by atoms with Gasteiger partial charge in [-0.15, -0.1) is 10.2 Å². The van der Waals surface area contributed by atoms with E-state index >= 15 is 0 Å². The number of nitrogens with one attached hydrogen (secondary N) is 1. The summed E-state index contributed by atoms with van der Waals surface area (Å²) in [5.74, 6) is 0.871. The summed E-state index contributed by atoms with van der Waals surface area (Å²) >= 11 is 1.19. The number of anilines is 2. The molecule has 2 aromatic heterocycles. The van der Waals surface area contributed by atoms with Gasteiger partial charge in [-0.25, -0.2) is 0 Å². The molecule has 0 unspecified atom stereocenters. The number of carbonyl (C=O) groups is 1. The molecule has 1 amide bonds. The van der Waals surface area contributed by atoms with E-state index in [1.807, 2.05) is 6.07 Å². The van der Waals surface area contributed by atoms with Crippen molar-refractivity contribution in [2.75, 3.05) is 16.8 Å². The van der Waals surface area contributed by atoms with Crippen LogP contribution in [0.5, 0.6) is 0 Å². The predicted molar refractivity (Wildman–Crippen MR) is 77.7 cm³/mol. The van der Waals surface area contributed by atoms with E-state index in [2.05, 4.69) is 15.5 Å². The SMILES string of the molecule is Cc1oc(NC(=O)CSc2nnc(N)n2C)c(C#N)c1C. The number of hydrogen-bond donors (Lipinski definition) is 2. The summed E-state index contributed by atoms with van der Waals surface area (Å²) < 4.78 is 6.95. The fraction of sp³-hybridized carbons (Fsp3) is 0.333. The van der Waals surface area contributed by atoms with E-state index in [1.165, 1.54) is 11.8 Å². The number of nitrogen functional groups attached to an aromatic ring is 1. The zero-order chi connectivity index (χ0) is 15.6. The van der Waals surface area contributed by atoms with E-state index in [4.69, 9.17) is 15.4 Å². The minimum Gasteiger partial charge on any atom is -0.444 e. The van der Waals surface area contributed by atoms with Gasteiger partial charge in [0.25, 0.3) is 0 Å². The Morgan fingerprint density at radius 2 is 2.24 bits per heavy atom. The third-order valence-electron chi connectivity index (χ3n) is 2.95. The number of furan rings is 1. The standard InChI is InChI=1S/C12H14N6O2S/c1-6-7(2)20-10(8(6)4-13)15-9(19)5-21-12-17-16-11(14)18(12)3/h5H2,1-3H3,(H2,14,16)(H,15,19). The average molecular weight is 306 g/mol. The van der Waals surface area contributed by atoms with Crippen molar-refractivity contribution < 1.29 is 9.21 Å². The maximum Gasteiger partial charge on any atom is 0.237 e. The second-order valence-electron chi connectivity index (χ2n) is 4.34. The molecule has 21 heavy (non-hydrogen) atoms. The molecule has 0 aliphatic rings. The van der Waals surface area contributed by atoms with Gasteiger partial charge in [0.2, 0.25) is 17.7 Å². The van der Waals surface area contributed by atoms with Crippen molar-refractivity contribution in [3.05, 3.63) is 16.9 Å². The van der Waals surface area contributed by atoms with Crippen LogP contribution < -0.4 is 11.1 Å². The lowest BCUT2D eigenvalue weighted by Gasteiger charge is -2.02. The number of aromatic nitrogens is 3. The Bertz CT molecular complexity index is 727. The molecule has 0 aliphatic carbocycles. The number of nitrogens with two attached hydrogens (primary N) is 1. The molecule has 2 aromatic rings. The van der Waals surface area contributed by atoms with Crippen molar-refractivity contribution in [3.8, 4) is 6.07 Å². The third-order valence-corrected chi connectivity index (χ3v) is 3.97. The number of nitriles is 1. The van der Waals surface area contributed by atoms with Crippen molar-refractivity contribution in [2.24, 2.45) is 7.05 Å². The van der Waals surface area contributed by atoms with Crippen LogP contribution in [0.1, 0.15) is 16.9 Å². The Hall–Kier alpha value is -2.47. The van der Waals surface area contributed by atoms with Gasteiger partial charge in [0.05, 0.1) is 5.75 Å². The highest BCUT2D eigenvalue weighted by molar-refractivity contribution is 7.99. The lowest BCUT2D eigenvalue weighted by atomic mass is 10.2. The normalized spacial score (nSPS) is 10.4. The molecule has 3 N–H and O–H groups in total. The van der Waals surface area contributed by atoms with Crippen LogP contribution in [0.3, 0.4) is 0 Å². The quantitative estimate of drug-likeness (QED) is 0.814. The molecule has 8 nitrogen and oxygen atoms in total. The molecule has 0 radical (unpaired) electrons. The Kier molecular flexibility index (Phi) is 4.18. The Labute approximate surface area is 125 Å². The summed E-state index contributed by atoms with van der Waals surface area (Å²) in [6.45, 7) is 3.51. The highest BCUT2D eigenvalue weighted by atomic mass is 32.2. The Morgan fingerprint density at radius 3 is 2.81 bits per heavy atom. The van der Waals surface area contributed by atoms with E-state index in [0.717, 1.165) is 5.56 Å². The van der Waals surface area contributed by atoms with Crippen LogP contribution in [0.15, 0.2) is 9.57 Å². The van der Waals surface area contributed by atoms with E-state index in [-0.39, 0.29) is 23.5 Å². The zero-order valence-electron chi connectivity index (χ0n) is 11.8. The first-order valence-electron chi connectivity index (χ1n) is 6.01. The largest absolute Gasteiger partial charge is 0.444 e. The first-order valence-corrected chi connectivity index (χ1v) is 7.00. The molecule has 0 saturated carbocycles. The zero-order valence-corrected chi connectivity index (χ0v) is 12.6. The van der Waals surface area contributed by atoms with Gasteiger partial charge in [-0.2, -0.15) is 5.26 Å². The number of hydrogen-bond acceptors (Lipinski definition) is 7. The van der Waals surface area contributed by atoms with Crippen molar-refractivity contribution in [1.29, 1.82) is 5.26 Å². The van der Waals surface area contributed by atoms with Crippen LogP contribution in [0, 0.1) is 25.2 Å². The maximum absolute atomic E-state index is 11.9.